The van der Waals surface area contributed by atoms with Crippen molar-refractivity contribution in [1.82, 2.24) is 4.90 Å². The van der Waals surface area contributed by atoms with Crippen molar-refractivity contribution in [1.29, 1.82) is 0 Å². The van der Waals surface area contributed by atoms with E-state index in [1.165, 1.54) is 26.0 Å². The average Bonchev–Trinajstić information content (AvgIpc) is 2.94. The number of amides is 3. The molecule has 0 saturated carbocycles. The highest BCUT2D eigenvalue weighted by Gasteiger charge is 2.41. The highest BCUT2D eigenvalue weighted by atomic mass is 16.5. The van der Waals surface area contributed by atoms with Gasteiger partial charge in [0.2, 0.25) is 0 Å². The Bertz CT molecular complexity index is 1000. The minimum absolute atomic E-state index is 0.248. The van der Waals surface area contributed by atoms with E-state index in [9.17, 15) is 19.2 Å². The number of esters is 1. The minimum Gasteiger partial charge on any atom is -0.451 e. The molecule has 0 spiro atoms. The number of carbonyl (C=O) groups is 4. The molecule has 7 heteroatoms. The summed E-state index contributed by atoms with van der Waals surface area (Å²) in [5.74, 6) is -2.43. The van der Waals surface area contributed by atoms with E-state index in [0.717, 1.165) is 21.6 Å². The van der Waals surface area contributed by atoms with Crippen molar-refractivity contribution in [3.8, 4) is 0 Å². The molecule has 2 aromatic carbocycles. The Labute approximate surface area is 175 Å². The van der Waals surface area contributed by atoms with Crippen molar-refractivity contribution in [3.05, 3.63) is 64.2 Å². The van der Waals surface area contributed by atoms with Crippen molar-refractivity contribution < 1.29 is 23.9 Å². The lowest BCUT2D eigenvalue weighted by atomic mass is 10.0. The molecule has 0 unspecified atom stereocenters. The number of ether oxygens (including phenoxy) is 1. The first-order chi connectivity index (χ1) is 14.1. The van der Waals surface area contributed by atoms with Gasteiger partial charge >= 0.3 is 5.97 Å². The number of anilines is 1. The largest absolute Gasteiger partial charge is 0.451 e. The van der Waals surface area contributed by atoms with Gasteiger partial charge in [0.25, 0.3) is 17.7 Å². The van der Waals surface area contributed by atoms with Crippen molar-refractivity contribution in [2.75, 3.05) is 5.32 Å². The second-order valence-corrected chi connectivity index (χ2v) is 7.54. The first-order valence-electron chi connectivity index (χ1n) is 9.68. The van der Waals surface area contributed by atoms with E-state index in [-0.39, 0.29) is 11.1 Å². The van der Waals surface area contributed by atoms with E-state index < -0.39 is 35.8 Å². The first-order valence-corrected chi connectivity index (χ1v) is 9.68. The zero-order valence-corrected chi connectivity index (χ0v) is 17.6. The van der Waals surface area contributed by atoms with Crippen LogP contribution in [0.5, 0.6) is 0 Å². The van der Waals surface area contributed by atoms with Crippen LogP contribution in [0.3, 0.4) is 0 Å². The lowest BCUT2D eigenvalue weighted by Gasteiger charge is -2.23. The maximum Gasteiger partial charge on any atom is 0.329 e. The average molecular weight is 408 g/mol. The molecule has 1 aliphatic heterocycles. The molecule has 3 amide bonds. The second-order valence-electron chi connectivity index (χ2n) is 7.54. The summed E-state index contributed by atoms with van der Waals surface area (Å²) in [6.07, 6.45) is -1.10. The number of imide groups is 1. The number of fused-ring (bicyclic) bond motifs is 1. The predicted octanol–water partition coefficient (Wildman–Crippen LogP) is 3.17. The van der Waals surface area contributed by atoms with E-state index in [2.05, 4.69) is 5.32 Å². The van der Waals surface area contributed by atoms with Crippen LogP contribution < -0.4 is 5.32 Å². The summed E-state index contributed by atoms with van der Waals surface area (Å²) in [5, 5.41) is 2.79. The van der Waals surface area contributed by atoms with Gasteiger partial charge in [-0.25, -0.2) is 4.79 Å². The van der Waals surface area contributed by atoms with Gasteiger partial charge in [-0.15, -0.1) is 0 Å². The SMILES string of the molecule is Cc1cc(C)c(NC(=O)[C@@H](C)OC(=O)[C@@H](C)N2C(=O)c3ccccc3C2=O)c(C)c1. The lowest BCUT2D eigenvalue weighted by Crippen LogP contribution is -2.45. The molecule has 1 N–H and O–H groups in total. The van der Waals surface area contributed by atoms with Crippen LogP contribution in [0.1, 0.15) is 51.3 Å². The highest BCUT2D eigenvalue weighted by Crippen LogP contribution is 2.25. The van der Waals surface area contributed by atoms with Gasteiger partial charge in [-0.2, -0.15) is 0 Å². The van der Waals surface area contributed by atoms with Crippen molar-refractivity contribution in [2.24, 2.45) is 0 Å². The summed E-state index contributed by atoms with van der Waals surface area (Å²) in [5.41, 5.74) is 4.05. The van der Waals surface area contributed by atoms with E-state index >= 15 is 0 Å². The normalized spacial score (nSPS) is 14.9. The Hall–Kier alpha value is -3.48. The monoisotopic (exact) mass is 408 g/mol. The number of nitrogens with zero attached hydrogens (tertiary/aromatic N) is 1. The molecule has 1 aliphatic rings. The van der Waals surface area contributed by atoms with Crippen LogP contribution in [0.15, 0.2) is 36.4 Å². The van der Waals surface area contributed by atoms with Crippen LogP contribution in [0, 0.1) is 20.8 Å². The molecular weight excluding hydrogens is 384 g/mol. The number of nitrogens with one attached hydrogen (secondary N) is 1. The van der Waals surface area contributed by atoms with E-state index in [0.29, 0.717) is 5.69 Å². The third-order valence-electron chi connectivity index (χ3n) is 5.14. The molecule has 0 aliphatic carbocycles. The summed E-state index contributed by atoms with van der Waals surface area (Å²) in [4.78, 5) is 51.1. The Morgan fingerprint density at radius 3 is 1.93 bits per heavy atom. The zero-order valence-electron chi connectivity index (χ0n) is 17.6. The van der Waals surface area contributed by atoms with Crippen LogP contribution in [0.2, 0.25) is 0 Å². The molecule has 2 aromatic rings. The number of hydrogen-bond donors (Lipinski definition) is 1. The number of rotatable bonds is 5. The van der Waals surface area contributed by atoms with Gasteiger partial charge in [-0.3, -0.25) is 19.3 Å². The summed E-state index contributed by atoms with van der Waals surface area (Å²) in [6, 6.07) is 9.12. The Morgan fingerprint density at radius 1 is 0.933 bits per heavy atom. The topological polar surface area (TPSA) is 92.8 Å². The van der Waals surface area contributed by atoms with Gasteiger partial charge in [-0.05, 0) is 57.9 Å². The molecule has 7 nitrogen and oxygen atoms in total. The van der Waals surface area contributed by atoms with Gasteiger partial charge in [0.15, 0.2) is 6.10 Å². The standard InChI is InChI=1S/C23H24N2O5/c1-12-10-13(2)19(14(3)11-12)24-20(26)16(5)30-23(29)15(4)25-21(27)17-8-6-7-9-18(17)22(25)28/h6-11,15-16H,1-5H3,(H,24,26)/t15-,16-/m1/s1. The Kier molecular flexibility index (Phi) is 5.73. The molecule has 3 rings (SSSR count). The summed E-state index contributed by atoms with van der Waals surface area (Å²) < 4.78 is 5.26. The molecule has 0 radical (unpaired) electrons. The maximum atomic E-state index is 12.6. The lowest BCUT2D eigenvalue weighted by molar-refractivity contribution is -0.156. The fourth-order valence-corrected chi connectivity index (χ4v) is 3.59. The molecule has 1 heterocycles. The van der Waals surface area contributed by atoms with Crippen molar-refractivity contribution in [3.63, 3.8) is 0 Å². The second kappa shape index (κ2) is 8.10. The molecule has 30 heavy (non-hydrogen) atoms. The van der Waals surface area contributed by atoms with E-state index in [1.54, 1.807) is 12.1 Å². The smallest absolute Gasteiger partial charge is 0.329 e. The number of aryl methyl sites for hydroxylation is 3. The Morgan fingerprint density at radius 2 is 1.43 bits per heavy atom. The summed E-state index contributed by atoms with van der Waals surface area (Å²) in [6.45, 7) is 8.59. The number of benzene rings is 2. The van der Waals surface area contributed by atoms with Crippen LogP contribution in [-0.2, 0) is 14.3 Å². The molecule has 0 aromatic heterocycles. The number of carbonyl (C=O) groups excluding carboxylic acids is 4. The van der Waals surface area contributed by atoms with Crippen molar-refractivity contribution >= 4 is 29.4 Å². The van der Waals surface area contributed by atoms with E-state index in [1.807, 2.05) is 32.9 Å². The van der Waals surface area contributed by atoms with Crippen molar-refractivity contribution in [2.45, 2.75) is 46.8 Å². The third-order valence-corrected chi connectivity index (χ3v) is 5.14. The highest BCUT2D eigenvalue weighted by molar-refractivity contribution is 6.22. The Balaban J connectivity index is 1.68. The van der Waals surface area contributed by atoms with Gasteiger partial charge in [-0.1, -0.05) is 29.8 Å². The zero-order chi connectivity index (χ0) is 22.2. The fourth-order valence-electron chi connectivity index (χ4n) is 3.59. The predicted molar refractivity (Wildman–Crippen MR) is 111 cm³/mol. The van der Waals surface area contributed by atoms with Crippen LogP contribution in [0.4, 0.5) is 5.69 Å². The minimum atomic E-state index is -1.16. The summed E-state index contributed by atoms with van der Waals surface area (Å²) in [7, 11) is 0. The van der Waals surface area contributed by atoms with Gasteiger partial charge in [0, 0.05) is 5.69 Å². The fraction of sp³-hybridized carbons (Fsp3) is 0.304. The number of hydrogen-bond acceptors (Lipinski definition) is 5. The quantitative estimate of drug-likeness (QED) is 0.606. The first kappa shape index (κ1) is 21.2. The van der Waals surface area contributed by atoms with Crippen LogP contribution in [0.25, 0.3) is 0 Å². The third kappa shape index (κ3) is 3.83. The van der Waals surface area contributed by atoms with Gasteiger partial charge in [0.1, 0.15) is 6.04 Å². The van der Waals surface area contributed by atoms with Crippen LogP contribution >= 0.6 is 0 Å². The molecule has 0 fully saturated rings. The maximum absolute atomic E-state index is 12.6. The van der Waals surface area contributed by atoms with E-state index in [4.69, 9.17) is 4.74 Å². The summed E-state index contributed by atoms with van der Waals surface area (Å²) >= 11 is 0. The van der Waals surface area contributed by atoms with Crippen LogP contribution in [-0.4, -0.2) is 40.7 Å². The molecular formula is C23H24N2O5. The van der Waals surface area contributed by atoms with Gasteiger partial charge in [0.05, 0.1) is 11.1 Å². The van der Waals surface area contributed by atoms with Gasteiger partial charge < -0.3 is 10.1 Å². The molecule has 0 saturated heterocycles. The molecule has 0 bridgehead atoms. The molecule has 2 atom stereocenters. The molecule has 156 valence electrons.